The molecule has 2 aromatic rings. The SMILES string of the molecule is CSc1cccc(NS(=O)(=O)c2c(Cl)cc(N)cc2Cl)c1. The van der Waals surface area contributed by atoms with E-state index in [9.17, 15) is 8.42 Å². The summed E-state index contributed by atoms with van der Waals surface area (Å²) in [6.45, 7) is 0. The zero-order chi connectivity index (χ0) is 15.6. The number of anilines is 2. The minimum atomic E-state index is -3.90. The van der Waals surface area contributed by atoms with Crippen molar-refractivity contribution in [3.05, 3.63) is 46.4 Å². The maximum atomic E-state index is 12.4. The first-order valence-corrected chi connectivity index (χ1v) is 9.21. The van der Waals surface area contributed by atoms with Gasteiger partial charge < -0.3 is 5.73 Å². The van der Waals surface area contributed by atoms with Gasteiger partial charge in [0.05, 0.1) is 10.0 Å². The largest absolute Gasteiger partial charge is 0.399 e. The van der Waals surface area contributed by atoms with Gasteiger partial charge in [-0.25, -0.2) is 8.42 Å². The van der Waals surface area contributed by atoms with Gasteiger partial charge in [0, 0.05) is 16.3 Å². The Kier molecular flexibility index (Phi) is 4.93. The first-order valence-electron chi connectivity index (χ1n) is 5.75. The molecule has 0 saturated heterocycles. The third kappa shape index (κ3) is 3.77. The molecule has 0 atom stereocenters. The molecule has 0 radical (unpaired) electrons. The van der Waals surface area contributed by atoms with Crippen LogP contribution in [0.4, 0.5) is 11.4 Å². The molecule has 0 bridgehead atoms. The summed E-state index contributed by atoms with van der Waals surface area (Å²) in [5.41, 5.74) is 6.31. The number of benzene rings is 2. The Morgan fingerprint density at radius 2 is 1.76 bits per heavy atom. The van der Waals surface area contributed by atoms with Crippen molar-refractivity contribution in [2.45, 2.75) is 9.79 Å². The Balaban J connectivity index is 2.43. The summed E-state index contributed by atoms with van der Waals surface area (Å²) in [5, 5.41) is -0.0398. The van der Waals surface area contributed by atoms with Gasteiger partial charge in [-0.1, -0.05) is 29.3 Å². The maximum absolute atomic E-state index is 12.4. The molecule has 112 valence electrons. The summed E-state index contributed by atoms with van der Waals surface area (Å²) in [6.07, 6.45) is 1.90. The van der Waals surface area contributed by atoms with Gasteiger partial charge in [-0.05, 0) is 36.6 Å². The molecule has 0 aromatic heterocycles. The summed E-state index contributed by atoms with van der Waals surface area (Å²) in [6, 6.07) is 9.71. The normalized spacial score (nSPS) is 11.4. The van der Waals surface area contributed by atoms with E-state index in [0.717, 1.165) is 4.90 Å². The van der Waals surface area contributed by atoms with E-state index in [0.29, 0.717) is 11.4 Å². The van der Waals surface area contributed by atoms with E-state index in [4.69, 9.17) is 28.9 Å². The average Bonchev–Trinajstić information content (AvgIpc) is 2.36. The topological polar surface area (TPSA) is 72.2 Å². The number of nitrogens with one attached hydrogen (secondary N) is 1. The molecule has 2 aromatic carbocycles. The van der Waals surface area contributed by atoms with Crippen LogP contribution in [-0.2, 0) is 10.0 Å². The van der Waals surface area contributed by atoms with Gasteiger partial charge >= 0.3 is 0 Å². The highest BCUT2D eigenvalue weighted by Crippen LogP contribution is 2.33. The second kappa shape index (κ2) is 6.36. The molecular weight excluding hydrogens is 351 g/mol. The van der Waals surface area contributed by atoms with Gasteiger partial charge in [0.2, 0.25) is 0 Å². The van der Waals surface area contributed by atoms with Crippen LogP contribution in [-0.4, -0.2) is 14.7 Å². The molecule has 0 saturated carbocycles. The van der Waals surface area contributed by atoms with E-state index in [1.165, 1.54) is 23.9 Å². The average molecular weight is 363 g/mol. The molecule has 0 aliphatic heterocycles. The Bertz CT molecular complexity index is 756. The first-order chi connectivity index (χ1) is 9.83. The fourth-order valence-corrected chi connectivity index (χ4v) is 4.47. The highest BCUT2D eigenvalue weighted by atomic mass is 35.5. The summed E-state index contributed by atoms with van der Waals surface area (Å²) < 4.78 is 27.3. The van der Waals surface area contributed by atoms with Crippen LogP contribution in [0, 0.1) is 0 Å². The number of nitrogens with two attached hydrogens (primary N) is 1. The van der Waals surface area contributed by atoms with Crippen molar-refractivity contribution >= 4 is 56.4 Å². The van der Waals surface area contributed by atoms with Crippen molar-refractivity contribution in [2.24, 2.45) is 0 Å². The molecule has 4 nitrogen and oxygen atoms in total. The van der Waals surface area contributed by atoms with Gasteiger partial charge in [0.25, 0.3) is 10.0 Å². The quantitative estimate of drug-likeness (QED) is 0.634. The van der Waals surface area contributed by atoms with Gasteiger partial charge in [-0.15, -0.1) is 11.8 Å². The molecule has 3 N–H and O–H groups in total. The van der Waals surface area contributed by atoms with Crippen LogP contribution in [0.25, 0.3) is 0 Å². The van der Waals surface area contributed by atoms with Gasteiger partial charge in [0.15, 0.2) is 0 Å². The monoisotopic (exact) mass is 362 g/mol. The summed E-state index contributed by atoms with van der Waals surface area (Å²) in [5.74, 6) is 0. The van der Waals surface area contributed by atoms with Gasteiger partial charge in [-0.2, -0.15) is 0 Å². The number of rotatable bonds is 4. The maximum Gasteiger partial charge on any atom is 0.264 e. The second-order valence-corrected chi connectivity index (χ2v) is 7.46. The summed E-state index contributed by atoms with van der Waals surface area (Å²) in [4.78, 5) is 0.749. The van der Waals surface area contributed by atoms with E-state index >= 15 is 0 Å². The fraction of sp³-hybridized carbons (Fsp3) is 0.0769. The minimum Gasteiger partial charge on any atom is -0.399 e. The number of hydrogen-bond acceptors (Lipinski definition) is 4. The first kappa shape index (κ1) is 16.3. The highest BCUT2D eigenvalue weighted by Gasteiger charge is 2.22. The number of sulfonamides is 1. The van der Waals surface area contributed by atoms with Crippen molar-refractivity contribution in [2.75, 3.05) is 16.7 Å². The zero-order valence-corrected chi connectivity index (χ0v) is 14.1. The molecule has 0 fully saturated rings. The van der Waals surface area contributed by atoms with E-state index in [1.54, 1.807) is 18.2 Å². The van der Waals surface area contributed by atoms with E-state index in [-0.39, 0.29) is 14.9 Å². The predicted octanol–water partition coefficient (Wildman–Crippen LogP) is 4.10. The molecule has 0 spiro atoms. The standard InChI is InChI=1S/C13H12Cl2N2O2S2/c1-20-10-4-2-3-9(7-10)17-21(18,19)13-11(14)5-8(16)6-12(13)15/h2-7,17H,16H2,1H3. The lowest BCUT2D eigenvalue weighted by atomic mass is 10.3. The molecule has 8 heteroatoms. The van der Waals surface area contributed by atoms with Crippen LogP contribution in [0.5, 0.6) is 0 Å². The van der Waals surface area contributed by atoms with Gasteiger partial charge in [0.1, 0.15) is 4.90 Å². The number of halogens is 2. The number of nitrogen functional groups attached to an aromatic ring is 1. The Morgan fingerprint density at radius 3 is 2.33 bits per heavy atom. The lowest BCUT2D eigenvalue weighted by Crippen LogP contribution is -2.14. The predicted molar refractivity (Wildman–Crippen MR) is 89.9 cm³/mol. The van der Waals surface area contributed by atoms with Gasteiger partial charge in [-0.3, -0.25) is 4.72 Å². The molecule has 0 unspecified atom stereocenters. The molecule has 0 aliphatic rings. The van der Waals surface area contributed by atoms with E-state index < -0.39 is 10.0 Å². The molecule has 21 heavy (non-hydrogen) atoms. The van der Waals surface area contributed by atoms with Crippen molar-refractivity contribution in [1.29, 1.82) is 0 Å². The van der Waals surface area contributed by atoms with Crippen molar-refractivity contribution in [1.82, 2.24) is 0 Å². The Morgan fingerprint density at radius 1 is 1.14 bits per heavy atom. The van der Waals surface area contributed by atoms with Crippen molar-refractivity contribution in [3.63, 3.8) is 0 Å². The van der Waals surface area contributed by atoms with Crippen molar-refractivity contribution < 1.29 is 8.42 Å². The van der Waals surface area contributed by atoms with Crippen LogP contribution >= 0.6 is 35.0 Å². The molecule has 0 amide bonds. The lowest BCUT2D eigenvalue weighted by molar-refractivity contribution is 0.601. The van der Waals surface area contributed by atoms with Crippen LogP contribution in [0.1, 0.15) is 0 Å². The van der Waals surface area contributed by atoms with Crippen LogP contribution in [0.3, 0.4) is 0 Å². The van der Waals surface area contributed by atoms with E-state index in [1.807, 2.05) is 12.3 Å². The van der Waals surface area contributed by atoms with Crippen LogP contribution < -0.4 is 10.5 Å². The summed E-state index contributed by atoms with van der Waals surface area (Å²) in [7, 11) is -3.90. The number of thioether (sulfide) groups is 1. The summed E-state index contributed by atoms with van der Waals surface area (Å²) >= 11 is 13.4. The molecular formula is C13H12Cl2N2O2S2. The molecule has 0 heterocycles. The van der Waals surface area contributed by atoms with E-state index in [2.05, 4.69) is 4.72 Å². The third-order valence-electron chi connectivity index (χ3n) is 2.61. The Hall–Kier alpha value is -1.08. The highest BCUT2D eigenvalue weighted by molar-refractivity contribution is 7.98. The smallest absolute Gasteiger partial charge is 0.264 e. The van der Waals surface area contributed by atoms with Crippen LogP contribution in [0.2, 0.25) is 10.0 Å². The lowest BCUT2D eigenvalue weighted by Gasteiger charge is -2.12. The molecule has 0 aliphatic carbocycles. The third-order valence-corrected chi connectivity index (χ3v) is 5.64. The van der Waals surface area contributed by atoms with Crippen molar-refractivity contribution in [3.8, 4) is 0 Å². The molecule has 2 rings (SSSR count). The van der Waals surface area contributed by atoms with Crippen LogP contribution in [0.15, 0.2) is 46.2 Å². The Labute approximate surface area is 137 Å². The minimum absolute atomic E-state index is 0.0199. The second-order valence-electron chi connectivity index (χ2n) is 4.15. The fourth-order valence-electron chi connectivity index (χ4n) is 1.73. The zero-order valence-electron chi connectivity index (χ0n) is 10.9. The number of hydrogen-bond donors (Lipinski definition) is 2.